The molecule has 0 aliphatic carbocycles. The predicted octanol–water partition coefficient (Wildman–Crippen LogP) is 0.00128. The van der Waals surface area contributed by atoms with Crippen molar-refractivity contribution in [3.63, 3.8) is 0 Å². The van der Waals surface area contributed by atoms with Gasteiger partial charge in [-0.3, -0.25) is 4.79 Å². The fourth-order valence-electron chi connectivity index (χ4n) is 0.870. The molecule has 10 heavy (non-hydrogen) atoms. The molecule has 0 aromatic carbocycles. The maximum absolute atomic E-state index is 10.5. The standard InChI is InChI=1S/C6H7NO3/c7-3-6(5(8)9)1-2-10-4-6/h1-2,4H2,(H,8,9)/t6-/m1/s1. The van der Waals surface area contributed by atoms with Crippen molar-refractivity contribution in [3.05, 3.63) is 0 Å². The molecule has 1 aliphatic heterocycles. The van der Waals surface area contributed by atoms with Crippen LogP contribution in [0.1, 0.15) is 6.42 Å². The lowest BCUT2D eigenvalue weighted by atomic mass is 9.90. The Morgan fingerprint density at radius 2 is 2.50 bits per heavy atom. The van der Waals surface area contributed by atoms with Gasteiger partial charge in [-0.1, -0.05) is 0 Å². The lowest BCUT2D eigenvalue weighted by molar-refractivity contribution is -0.145. The van der Waals surface area contributed by atoms with Crippen LogP contribution < -0.4 is 0 Å². The lowest BCUT2D eigenvalue weighted by Crippen LogP contribution is -2.29. The number of rotatable bonds is 1. The van der Waals surface area contributed by atoms with Crippen LogP contribution in [-0.4, -0.2) is 24.3 Å². The van der Waals surface area contributed by atoms with E-state index in [1.165, 1.54) is 0 Å². The summed E-state index contributed by atoms with van der Waals surface area (Å²) >= 11 is 0. The summed E-state index contributed by atoms with van der Waals surface area (Å²) < 4.78 is 4.81. The van der Waals surface area contributed by atoms with E-state index in [0.29, 0.717) is 13.0 Å². The topological polar surface area (TPSA) is 70.3 Å². The highest BCUT2D eigenvalue weighted by molar-refractivity contribution is 5.78. The van der Waals surface area contributed by atoms with Gasteiger partial charge in [-0.15, -0.1) is 0 Å². The molecule has 0 saturated carbocycles. The second kappa shape index (κ2) is 2.27. The van der Waals surface area contributed by atoms with Crippen LogP contribution in [0.4, 0.5) is 0 Å². The second-order valence-corrected chi connectivity index (χ2v) is 2.30. The van der Waals surface area contributed by atoms with Crippen molar-refractivity contribution >= 4 is 5.97 Å². The molecule has 0 unspecified atom stereocenters. The minimum absolute atomic E-state index is 0.0266. The molecule has 0 bridgehead atoms. The normalized spacial score (nSPS) is 31.5. The number of carboxylic acids is 1. The van der Waals surface area contributed by atoms with Crippen molar-refractivity contribution in [1.29, 1.82) is 5.26 Å². The van der Waals surface area contributed by atoms with Crippen LogP contribution in [0.3, 0.4) is 0 Å². The van der Waals surface area contributed by atoms with Gasteiger partial charge >= 0.3 is 5.97 Å². The van der Waals surface area contributed by atoms with Crippen LogP contribution in [0.25, 0.3) is 0 Å². The Morgan fingerprint density at radius 1 is 1.80 bits per heavy atom. The molecule has 1 saturated heterocycles. The fraction of sp³-hybridized carbons (Fsp3) is 0.667. The summed E-state index contributed by atoms with van der Waals surface area (Å²) in [6, 6.07) is 1.75. The van der Waals surface area contributed by atoms with Crippen LogP contribution in [-0.2, 0) is 9.53 Å². The maximum atomic E-state index is 10.5. The van der Waals surface area contributed by atoms with Crippen LogP contribution >= 0.6 is 0 Å². The molecule has 1 aliphatic rings. The zero-order valence-corrected chi connectivity index (χ0v) is 5.33. The van der Waals surface area contributed by atoms with Gasteiger partial charge in [0.1, 0.15) is 0 Å². The summed E-state index contributed by atoms with van der Waals surface area (Å²) in [5.74, 6) is -1.08. The van der Waals surface area contributed by atoms with E-state index in [1.807, 2.05) is 0 Å². The molecule has 1 N–H and O–H groups in total. The van der Waals surface area contributed by atoms with E-state index in [2.05, 4.69) is 0 Å². The Bertz CT molecular complexity index is 188. The van der Waals surface area contributed by atoms with Gasteiger partial charge in [0.25, 0.3) is 0 Å². The van der Waals surface area contributed by atoms with E-state index in [-0.39, 0.29) is 6.61 Å². The number of aliphatic carboxylic acids is 1. The largest absolute Gasteiger partial charge is 0.480 e. The summed E-state index contributed by atoms with van der Waals surface area (Å²) in [5, 5.41) is 17.0. The van der Waals surface area contributed by atoms with Crippen molar-refractivity contribution in [3.8, 4) is 6.07 Å². The van der Waals surface area contributed by atoms with Crippen molar-refractivity contribution in [1.82, 2.24) is 0 Å². The molecule has 0 aromatic heterocycles. The highest BCUT2D eigenvalue weighted by atomic mass is 16.5. The molecule has 0 spiro atoms. The number of hydrogen-bond donors (Lipinski definition) is 1. The van der Waals surface area contributed by atoms with Crippen molar-refractivity contribution < 1.29 is 14.6 Å². The molecule has 1 atom stereocenters. The Hall–Kier alpha value is -1.08. The van der Waals surface area contributed by atoms with Crippen molar-refractivity contribution in [2.24, 2.45) is 5.41 Å². The fourth-order valence-corrected chi connectivity index (χ4v) is 0.870. The molecular weight excluding hydrogens is 134 g/mol. The Morgan fingerprint density at radius 3 is 2.70 bits per heavy atom. The highest BCUT2D eigenvalue weighted by Crippen LogP contribution is 2.27. The number of nitriles is 1. The van der Waals surface area contributed by atoms with Crippen molar-refractivity contribution in [2.45, 2.75) is 6.42 Å². The molecule has 54 valence electrons. The summed E-state index contributed by atoms with van der Waals surface area (Å²) in [6.07, 6.45) is 0.304. The average Bonchev–Trinajstić information content (AvgIpc) is 2.35. The molecule has 1 heterocycles. The third kappa shape index (κ3) is 0.847. The maximum Gasteiger partial charge on any atom is 0.326 e. The van der Waals surface area contributed by atoms with Gasteiger partial charge in [-0.2, -0.15) is 5.26 Å². The van der Waals surface area contributed by atoms with E-state index < -0.39 is 11.4 Å². The van der Waals surface area contributed by atoms with Crippen LogP contribution in [0.15, 0.2) is 0 Å². The first kappa shape index (κ1) is 7.03. The van der Waals surface area contributed by atoms with Gasteiger partial charge in [-0.25, -0.2) is 0 Å². The van der Waals surface area contributed by atoms with Gasteiger partial charge in [0.2, 0.25) is 0 Å². The minimum Gasteiger partial charge on any atom is -0.480 e. The molecule has 1 fully saturated rings. The second-order valence-electron chi connectivity index (χ2n) is 2.30. The molecule has 4 heteroatoms. The number of carboxylic acid groups (broad SMARTS) is 1. The quantitative estimate of drug-likeness (QED) is 0.558. The first-order chi connectivity index (χ1) is 4.71. The van der Waals surface area contributed by atoms with Gasteiger partial charge in [0.15, 0.2) is 5.41 Å². The highest BCUT2D eigenvalue weighted by Gasteiger charge is 2.42. The number of hydrogen-bond acceptors (Lipinski definition) is 3. The first-order valence-electron chi connectivity index (χ1n) is 2.94. The lowest BCUT2D eigenvalue weighted by Gasteiger charge is -2.09. The third-order valence-corrected chi connectivity index (χ3v) is 1.65. The molecule has 4 nitrogen and oxygen atoms in total. The molecular formula is C6H7NO3. The Labute approximate surface area is 58.0 Å². The van der Waals surface area contributed by atoms with E-state index in [0.717, 1.165) is 0 Å². The Balaban J connectivity index is 2.80. The average molecular weight is 141 g/mol. The van der Waals surface area contributed by atoms with Crippen LogP contribution in [0, 0.1) is 16.7 Å². The molecule has 0 amide bonds. The zero-order chi connectivity index (χ0) is 7.61. The summed E-state index contributed by atoms with van der Waals surface area (Å²) in [6.45, 7) is 0.401. The van der Waals surface area contributed by atoms with E-state index in [4.69, 9.17) is 15.1 Å². The predicted molar refractivity (Wildman–Crippen MR) is 31.1 cm³/mol. The number of carbonyl (C=O) groups is 1. The smallest absolute Gasteiger partial charge is 0.326 e. The molecule has 0 aromatic rings. The summed E-state index contributed by atoms with van der Waals surface area (Å²) in [5.41, 5.74) is -1.26. The zero-order valence-electron chi connectivity index (χ0n) is 5.33. The SMILES string of the molecule is N#C[C@]1(C(=O)O)CCOC1. The molecule has 1 rings (SSSR count). The van der Waals surface area contributed by atoms with Gasteiger partial charge in [0, 0.05) is 13.0 Å². The monoisotopic (exact) mass is 141 g/mol. The third-order valence-electron chi connectivity index (χ3n) is 1.65. The summed E-state index contributed by atoms with van der Waals surface area (Å²) in [4.78, 5) is 10.5. The van der Waals surface area contributed by atoms with Gasteiger partial charge in [0.05, 0.1) is 12.7 Å². The molecule has 0 radical (unpaired) electrons. The van der Waals surface area contributed by atoms with E-state index in [1.54, 1.807) is 6.07 Å². The summed E-state index contributed by atoms with van der Waals surface area (Å²) in [7, 11) is 0. The van der Waals surface area contributed by atoms with Crippen LogP contribution in [0.5, 0.6) is 0 Å². The minimum atomic E-state index is -1.26. The van der Waals surface area contributed by atoms with E-state index in [9.17, 15) is 4.79 Å². The Kier molecular flexibility index (Phi) is 1.60. The van der Waals surface area contributed by atoms with Gasteiger partial charge in [-0.05, 0) is 0 Å². The number of nitrogens with zero attached hydrogens (tertiary/aromatic N) is 1. The van der Waals surface area contributed by atoms with Crippen LogP contribution in [0.2, 0.25) is 0 Å². The van der Waals surface area contributed by atoms with Gasteiger partial charge < -0.3 is 9.84 Å². The van der Waals surface area contributed by atoms with E-state index >= 15 is 0 Å². The first-order valence-corrected chi connectivity index (χ1v) is 2.94. The van der Waals surface area contributed by atoms with Crippen molar-refractivity contribution in [2.75, 3.05) is 13.2 Å². The number of ether oxygens (including phenoxy) is 1.